The van der Waals surface area contributed by atoms with Crippen LogP contribution in [0.25, 0.3) is 0 Å². The molecular formula is C4H8Li2. The van der Waals surface area contributed by atoms with E-state index in [2.05, 4.69) is 13.8 Å². The first kappa shape index (κ1) is 15.7. The first-order valence-corrected chi connectivity index (χ1v) is 1.50. The van der Waals surface area contributed by atoms with E-state index in [1.165, 1.54) is 0 Å². The van der Waals surface area contributed by atoms with Gasteiger partial charge in [-0.2, -0.15) is 0 Å². The normalized spacial score (nSPS) is 5.00. The van der Waals surface area contributed by atoms with E-state index >= 15 is 0 Å². The minimum atomic E-state index is 0. The minimum Gasteiger partial charge on any atom is -0.346 e. The third kappa shape index (κ3) is 19.0. The maximum atomic E-state index is 3.54. The van der Waals surface area contributed by atoms with E-state index in [4.69, 9.17) is 0 Å². The third-order valence-electron chi connectivity index (χ3n) is 0.250. The summed E-state index contributed by atoms with van der Waals surface area (Å²) in [5.74, 6) is 0. The molecule has 0 aliphatic heterocycles. The summed E-state index contributed by atoms with van der Waals surface area (Å²) in [4.78, 5) is 0. The molecule has 0 saturated heterocycles. The Bertz CT molecular complexity index is 7.51. The van der Waals surface area contributed by atoms with Crippen LogP contribution >= 0.6 is 0 Å². The summed E-state index contributed by atoms with van der Waals surface area (Å²) in [6, 6.07) is 0. The molecule has 26 valence electrons. The zero-order valence-electron chi connectivity index (χ0n) is 4.83. The molecule has 0 fully saturated rings. The van der Waals surface area contributed by atoms with Gasteiger partial charge in [-0.05, 0) is 0 Å². The summed E-state index contributed by atoms with van der Waals surface area (Å²) in [6.07, 6.45) is 1.92. The van der Waals surface area contributed by atoms with Gasteiger partial charge in [0.25, 0.3) is 0 Å². The Morgan fingerprint density at radius 3 is 1.00 bits per heavy atom. The Labute approximate surface area is 64.4 Å². The first-order valence-electron chi connectivity index (χ1n) is 1.50. The van der Waals surface area contributed by atoms with Gasteiger partial charge >= 0.3 is 37.7 Å². The summed E-state index contributed by atoms with van der Waals surface area (Å²) in [5, 5.41) is 0. The first-order chi connectivity index (χ1) is 1.91. The minimum absolute atomic E-state index is 0. The summed E-state index contributed by atoms with van der Waals surface area (Å²) in [7, 11) is 0. The fraction of sp³-hybridized carbons (Fsp3) is 0.500. The Hall–Kier alpha value is 1.19. The zero-order valence-corrected chi connectivity index (χ0v) is 4.83. The topological polar surface area (TPSA) is 0 Å². The molecule has 0 nitrogen and oxygen atoms in total. The van der Waals surface area contributed by atoms with Gasteiger partial charge in [-0.1, -0.05) is 0 Å². The van der Waals surface area contributed by atoms with Crippen LogP contribution in [0.3, 0.4) is 0 Å². The van der Waals surface area contributed by atoms with Gasteiger partial charge in [0, 0.05) is 0 Å². The van der Waals surface area contributed by atoms with Crippen molar-refractivity contribution >= 4 is 0 Å². The van der Waals surface area contributed by atoms with Gasteiger partial charge in [0.05, 0.1) is 0 Å². The van der Waals surface area contributed by atoms with Crippen LogP contribution in [0.4, 0.5) is 0 Å². The van der Waals surface area contributed by atoms with E-state index in [9.17, 15) is 0 Å². The van der Waals surface area contributed by atoms with E-state index in [-0.39, 0.29) is 37.7 Å². The van der Waals surface area contributed by atoms with Crippen molar-refractivity contribution in [2.45, 2.75) is 12.8 Å². The quantitative estimate of drug-likeness (QED) is 0.215. The molecule has 6 heavy (non-hydrogen) atoms. The Morgan fingerprint density at radius 1 is 0.833 bits per heavy atom. The molecule has 0 aromatic carbocycles. The molecule has 0 bridgehead atoms. The molecule has 0 amide bonds. The van der Waals surface area contributed by atoms with Gasteiger partial charge in [-0.3, -0.25) is 0 Å². The molecule has 0 radical (unpaired) electrons. The summed E-state index contributed by atoms with van der Waals surface area (Å²) in [5.41, 5.74) is 0. The molecule has 0 aliphatic carbocycles. The van der Waals surface area contributed by atoms with Crippen molar-refractivity contribution in [2.24, 2.45) is 0 Å². The van der Waals surface area contributed by atoms with Gasteiger partial charge in [0.15, 0.2) is 0 Å². The van der Waals surface area contributed by atoms with Gasteiger partial charge in [0.1, 0.15) is 0 Å². The van der Waals surface area contributed by atoms with Crippen LogP contribution in [-0.4, -0.2) is 0 Å². The average Bonchev–Trinajstić information content (AvgIpc) is 1.37. The van der Waals surface area contributed by atoms with Crippen LogP contribution in [0.2, 0.25) is 0 Å². The largest absolute Gasteiger partial charge is 1.00 e. The molecular weight excluding hydrogens is 61.9 g/mol. The van der Waals surface area contributed by atoms with Crippen LogP contribution in [0.5, 0.6) is 0 Å². The van der Waals surface area contributed by atoms with E-state index in [0.717, 1.165) is 12.8 Å². The number of hydrogen-bond acceptors (Lipinski definition) is 0. The van der Waals surface area contributed by atoms with Crippen molar-refractivity contribution in [3.05, 3.63) is 13.8 Å². The monoisotopic (exact) mass is 70.1 g/mol. The smallest absolute Gasteiger partial charge is 0.346 e. The second-order valence-electron chi connectivity index (χ2n) is 0.707. The molecule has 0 atom stereocenters. The maximum Gasteiger partial charge on any atom is 1.00 e. The standard InChI is InChI=1S/C4H8.2Li/c1-3-4-2;;/h1-4H2;;/q-2;2*+1. The predicted molar refractivity (Wildman–Crippen MR) is 19.9 cm³/mol. The van der Waals surface area contributed by atoms with E-state index in [1.54, 1.807) is 0 Å². The molecule has 0 saturated carbocycles. The summed E-state index contributed by atoms with van der Waals surface area (Å²) >= 11 is 0. The molecule has 0 aromatic heterocycles. The second-order valence-corrected chi connectivity index (χ2v) is 0.707. The SMILES string of the molecule is [CH2-]CC[CH2-].[Li+].[Li+]. The van der Waals surface area contributed by atoms with Crippen LogP contribution in [0.1, 0.15) is 12.8 Å². The van der Waals surface area contributed by atoms with Crippen molar-refractivity contribution in [3.8, 4) is 0 Å². The fourth-order valence-electron chi connectivity index (χ4n) is 0. The van der Waals surface area contributed by atoms with Gasteiger partial charge in [0.2, 0.25) is 0 Å². The summed E-state index contributed by atoms with van der Waals surface area (Å²) < 4.78 is 0. The molecule has 2 heteroatoms. The van der Waals surface area contributed by atoms with Crippen molar-refractivity contribution in [1.82, 2.24) is 0 Å². The van der Waals surface area contributed by atoms with Crippen LogP contribution in [0, 0.1) is 13.8 Å². The second kappa shape index (κ2) is 16.4. The molecule has 0 aromatic rings. The average molecular weight is 70.0 g/mol. The van der Waals surface area contributed by atoms with Crippen molar-refractivity contribution < 1.29 is 37.7 Å². The molecule has 0 N–H and O–H groups in total. The Kier molecular flexibility index (Phi) is 42.8. The maximum absolute atomic E-state index is 3.54. The van der Waals surface area contributed by atoms with Crippen molar-refractivity contribution in [1.29, 1.82) is 0 Å². The molecule has 0 unspecified atom stereocenters. The van der Waals surface area contributed by atoms with Crippen LogP contribution in [0.15, 0.2) is 0 Å². The van der Waals surface area contributed by atoms with Gasteiger partial charge in [-0.25, -0.2) is 12.8 Å². The van der Waals surface area contributed by atoms with Gasteiger partial charge < -0.3 is 13.8 Å². The fourth-order valence-corrected chi connectivity index (χ4v) is 0. The Balaban J connectivity index is -0.0000000450. The third-order valence-corrected chi connectivity index (χ3v) is 0.250. The number of hydrogen-bond donors (Lipinski definition) is 0. The number of rotatable bonds is 1. The summed E-state index contributed by atoms with van der Waals surface area (Å²) in [6.45, 7) is 7.08. The Morgan fingerprint density at radius 2 is 1.00 bits per heavy atom. The van der Waals surface area contributed by atoms with Crippen LogP contribution < -0.4 is 37.7 Å². The van der Waals surface area contributed by atoms with E-state index in [1.807, 2.05) is 0 Å². The van der Waals surface area contributed by atoms with E-state index in [0.29, 0.717) is 0 Å². The van der Waals surface area contributed by atoms with Crippen molar-refractivity contribution in [2.75, 3.05) is 0 Å². The molecule has 0 aliphatic rings. The van der Waals surface area contributed by atoms with Gasteiger partial charge in [-0.15, -0.1) is 0 Å². The molecule has 0 heterocycles. The molecule has 0 spiro atoms. The number of unbranched alkanes of at least 4 members (excludes halogenated alkanes) is 1. The molecule has 0 rings (SSSR count). The van der Waals surface area contributed by atoms with Crippen molar-refractivity contribution in [3.63, 3.8) is 0 Å². The predicted octanol–water partition coefficient (Wildman–Crippen LogP) is -4.56. The van der Waals surface area contributed by atoms with Crippen LogP contribution in [-0.2, 0) is 0 Å². The van der Waals surface area contributed by atoms with E-state index < -0.39 is 0 Å². The zero-order chi connectivity index (χ0) is 3.41.